The van der Waals surface area contributed by atoms with Crippen LogP contribution in [0.2, 0.25) is 4.82 Å². The van der Waals surface area contributed by atoms with E-state index in [1.165, 1.54) is 4.46 Å². The Kier molecular flexibility index (Phi) is 2.77. The van der Waals surface area contributed by atoms with Crippen LogP contribution in [0.25, 0.3) is 0 Å². The summed E-state index contributed by atoms with van der Waals surface area (Å²) in [5.41, 5.74) is 0. The average molecular weight is 294 g/mol. The zero-order valence-corrected chi connectivity index (χ0v) is 10.9. The van der Waals surface area contributed by atoms with E-state index in [4.69, 9.17) is 0 Å². The van der Waals surface area contributed by atoms with Crippen molar-refractivity contribution in [2.24, 2.45) is 11.8 Å². The molecule has 88 valence electrons. The molecule has 0 N–H and O–H groups in total. The number of fused-ring (bicyclic) bond motifs is 2. The quantitative estimate of drug-likeness (QED) is 0.368. The van der Waals surface area contributed by atoms with Crippen LogP contribution in [0.5, 0.6) is 0 Å². The van der Waals surface area contributed by atoms with Gasteiger partial charge in [0, 0.05) is 0 Å². The van der Waals surface area contributed by atoms with Gasteiger partial charge in [-0.1, -0.05) is 0 Å². The first-order valence-corrected chi connectivity index (χ1v) is 7.64. The molecule has 1 aromatic carbocycles. The van der Waals surface area contributed by atoms with Gasteiger partial charge in [0.05, 0.1) is 0 Å². The van der Waals surface area contributed by atoms with Gasteiger partial charge in [0.15, 0.2) is 0 Å². The Labute approximate surface area is 106 Å². The zero-order valence-electron chi connectivity index (χ0n) is 9.23. The topological polar surface area (TPSA) is 43.1 Å². The summed E-state index contributed by atoms with van der Waals surface area (Å²) in [7, 11) is 0. The van der Waals surface area contributed by atoms with Crippen LogP contribution in [-0.4, -0.2) is 25.9 Å². The molecule has 0 amide bonds. The maximum atomic E-state index is 11.2. The van der Waals surface area contributed by atoms with Crippen LogP contribution in [0.4, 0.5) is 0 Å². The fourth-order valence-electron chi connectivity index (χ4n) is 2.84. The van der Waals surface area contributed by atoms with Crippen molar-refractivity contribution in [1.82, 2.24) is 0 Å². The first-order valence-electron chi connectivity index (χ1n) is 5.79. The van der Waals surface area contributed by atoms with E-state index in [0.717, 1.165) is 6.42 Å². The van der Waals surface area contributed by atoms with Crippen molar-refractivity contribution in [3.63, 3.8) is 0 Å². The van der Waals surface area contributed by atoms with Gasteiger partial charge in [-0.2, -0.15) is 0 Å². The molecule has 4 atom stereocenters. The molecule has 0 unspecified atom stereocenters. The summed E-state index contributed by atoms with van der Waals surface area (Å²) >= 11 is 0.211. The normalized spacial score (nSPS) is 34.1. The van der Waals surface area contributed by atoms with Crippen LogP contribution >= 0.6 is 0 Å². The summed E-state index contributed by atoms with van der Waals surface area (Å²) in [5.74, 6) is 0.626. The van der Waals surface area contributed by atoms with Gasteiger partial charge in [-0.3, -0.25) is 0 Å². The molecule has 1 aromatic rings. The van der Waals surface area contributed by atoms with Crippen molar-refractivity contribution in [2.45, 2.75) is 17.3 Å². The molecule has 4 heteroatoms. The van der Waals surface area contributed by atoms with Crippen molar-refractivity contribution in [3.05, 3.63) is 52.6 Å². The van der Waals surface area contributed by atoms with E-state index in [-0.39, 0.29) is 36.7 Å². The van der Waals surface area contributed by atoms with Gasteiger partial charge < -0.3 is 0 Å². The third-order valence-corrected chi connectivity index (χ3v) is 6.64. The standard InChI is InChI=1S/C13H13NO2Se/c15-14(16)12-9-6-7-10(8-9)13(12)17-11-4-2-1-3-5-11/h1-7,9-10,12-13H,8H2/t9-,10+,12-,13-/m1/s1. The van der Waals surface area contributed by atoms with Crippen LogP contribution in [0.1, 0.15) is 6.42 Å². The average Bonchev–Trinajstić information content (AvgIpc) is 2.90. The molecule has 0 saturated heterocycles. The summed E-state index contributed by atoms with van der Waals surface area (Å²) in [6, 6.07) is 9.86. The Hall–Kier alpha value is -1.12. The second-order valence-electron chi connectivity index (χ2n) is 4.62. The van der Waals surface area contributed by atoms with Gasteiger partial charge in [-0.15, -0.1) is 0 Å². The predicted molar refractivity (Wildman–Crippen MR) is 67.1 cm³/mol. The third-order valence-electron chi connectivity index (χ3n) is 3.61. The summed E-state index contributed by atoms with van der Waals surface area (Å²) in [4.78, 5) is 11.4. The summed E-state index contributed by atoms with van der Waals surface area (Å²) < 4.78 is 1.28. The SMILES string of the molecule is O=[N+]([O-])[C@H]1[C@H]([Se]c2ccccc2)[C@H]2C=C[C@@H]1C2. The monoisotopic (exact) mass is 295 g/mol. The Balaban J connectivity index is 1.83. The molecular weight excluding hydrogens is 281 g/mol. The van der Waals surface area contributed by atoms with E-state index in [2.05, 4.69) is 24.3 Å². The van der Waals surface area contributed by atoms with E-state index in [9.17, 15) is 10.1 Å². The van der Waals surface area contributed by atoms with Crippen molar-refractivity contribution in [2.75, 3.05) is 0 Å². The summed E-state index contributed by atoms with van der Waals surface area (Å²) in [5, 5.41) is 11.2. The summed E-state index contributed by atoms with van der Waals surface area (Å²) in [6.07, 6.45) is 5.24. The third kappa shape index (κ3) is 1.92. The van der Waals surface area contributed by atoms with Gasteiger partial charge in [-0.25, -0.2) is 0 Å². The van der Waals surface area contributed by atoms with E-state index in [0.29, 0.717) is 5.92 Å². The van der Waals surface area contributed by atoms with Gasteiger partial charge >= 0.3 is 106 Å². The number of benzene rings is 1. The Morgan fingerprint density at radius 3 is 2.59 bits per heavy atom. The number of allylic oxidation sites excluding steroid dienone is 1. The molecular formula is C13H13NO2Se. The van der Waals surface area contributed by atoms with Crippen LogP contribution in [-0.2, 0) is 0 Å². The Morgan fingerprint density at radius 1 is 1.18 bits per heavy atom. The zero-order chi connectivity index (χ0) is 11.8. The maximum absolute atomic E-state index is 11.2. The number of hydrogen-bond acceptors (Lipinski definition) is 2. The van der Waals surface area contributed by atoms with Crippen LogP contribution in [0, 0.1) is 22.0 Å². The second-order valence-corrected chi connectivity index (χ2v) is 7.25. The second kappa shape index (κ2) is 4.28. The molecule has 0 spiro atoms. The molecule has 0 radical (unpaired) electrons. The minimum absolute atomic E-state index is 0.0521. The van der Waals surface area contributed by atoms with Crippen molar-refractivity contribution < 1.29 is 4.92 Å². The van der Waals surface area contributed by atoms with Gasteiger partial charge in [0.1, 0.15) is 0 Å². The van der Waals surface area contributed by atoms with Gasteiger partial charge in [0.2, 0.25) is 0 Å². The van der Waals surface area contributed by atoms with E-state index in [1.54, 1.807) is 0 Å². The number of hydrogen-bond donors (Lipinski definition) is 0. The Morgan fingerprint density at radius 2 is 1.88 bits per heavy atom. The number of nitrogens with zero attached hydrogens (tertiary/aromatic N) is 1. The van der Waals surface area contributed by atoms with Crippen LogP contribution in [0.15, 0.2) is 42.5 Å². The number of nitro groups is 1. The molecule has 2 bridgehead atoms. The fraction of sp³-hybridized carbons (Fsp3) is 0.385. The van der Waals surface area contributed by atoms with Crippen molar-refractivity contribution in [3.8, 4) is 0 Å². The van der Waals surface area contributed by atoms with Crippen LogP contribution in [0.3, 0.4) is 0 Å². The van der Waals surface area contributed by atoms with Crippen LogP contribution < -0.4 is 4.46 Å². The number of rotatable bonds is 3. The molecule has 0 aliphatic heterocycles. The molecule has 1 fully saturated rings. The predicted octanol–water partition coefficient (Wildman–Crippen LogP) is 1.66. The molecule has 0 heterocycles. The minimum atomic E-state index is -0.342. The molecule has 0 aromatic heterocycles. The van der Waals surface area contributed by atoms with Crippen molar-refractivity contribution >= 4 is 19.4 Å². The van der Waals surface area contributed by atoms with E-state index >= 15 is 0 Å². The first kappa shape index (κ1) is 11.0. The molecule has 3 rings (SSSR count). The van der Waals surface area contributed by atoms with E-state index in [1.807, 2.05) is 18.2 Å². The Bertz CT molecular complexity index is 460. The molecule has 2 aliphatic rings. The molecule has 17 heavy (non-hydrogen) atoms. The van der Waals surface area contributed by atoms with Crippen molar-refractivity contribution in [1.29, 1.82) is 0 Å². The molecule has 2 aliphatic carbocycles. The molecule has 3 nitrogen and oxygen atoms in total. The summed E-state index contributed by atoms with van der Waals surface area (Å²) in [6.45, 7) is 0. The van der Waals surface area contributed by atoms with E-state index < -0.39 is 0 Å². The van der Waals surface area contributed by atoms with Gasteiger partial charge in [-0.05, 0) is 0 Å². The first-order chi connectivity index (χ1) is 8.25. The fourth-order valence-corrected chi connectivity index (χ4v) is 5.87. The van der Waals surface area contributed by atoms with Gasteiger partial charge in [0.25, 0.3) is 0 Å². The molecule has 1 saturated carbocycles.